The summed E-state index contributed by atoms with van der Waals surface area (Å²) in [6, 6.07) is 0.804. The zero-order valence-electron chi connectivity index (χ0n) is 11.4. The van der Waals surface area contributed by atoms with E-state index in [1.807, 2.05) is 0 Å². The van der Waals surface area contributed by atoms with Crippen molar-refractivity contribution in [1.82, 2.24) is 5.32 Å². The van der Waals surface area contributed by atoms with Gasteiger partial charge in [0.25, 0.3) is 0 Å². The zero-order chi connectivity index (χ0) is 11.9. The lowest BCUT2D eigenvalue weighted by atomic mass is 9.78. The van der Waals surface area contributed by atoms with Crippen molar-refractivity contribution < 1.29 is 4.74 Å². The Balaban J connectivity index is 1.52. The predicted molar refractivity (Wildman–Crippen MR) is 72.2 cm³/mol. The van der Waals surface area contributed by atoms with Crippen molar-refractivity contribution in [2.45, 2.75) is 63.8 Å². The van der Waals surface area contributed by atoms with Crippen LogP contribution in [0.15, 0.2) is 0 Å². The Kier molecular flexibility index (Phi) is 5.79. The molecule has 0 spiro atoms. The SMILES string of the molecule is CNC(CCCCC1CCOCC1)C1CCC1. The Labute approximate surface area is 107 Å². The van der Waals surface area contributed by atoms with E-state index in [2.05, 4.69) is 12.4 Å². The molecule has 2 rings (SSSR count). The molecule has 1 heterocycles. The minimum Gasteiger partial charge on any atom is -0.381 e. The van der Waals surface area contributed by atoms with Gasteiger partial charge in [-0.3, -0.25) is 0 Å². The first-order chi connectivity index (χ1) is 8.40. The second-order valence-electron chi connectivity index (χ2n) is 5.93. The summed E-state index contributed by atoms with van der Waals surface area (Å²) in [5, 5.41) is 3.52. The molecule has 0 amide bonds. The quantitative estimate of drug-likeness (QED) is 0.688. The molecule has 0 aromatic carbocycles. The summed E-state index contributed by atoms with van der Waals surface area (Å²) in [6.07, 6.45) is 12.7. The van der Waals surface area contributed by atoms with Gasteiger partial charge in [-0.2, -0.15) is 0 Å². The molecule has 1 unspecified atom stereocenters. The van der Waals surface area contributed by atoms with Crippen LogP contribution >= 0.6 is 0 Å². The highest BCUT2D eigenvalue weighted by Crippen LogP contribution is 2.31. The van der Waals surface area contributed by atoms with Crippen LogP contribution in [0.2, 0.25) is 0 Å². The molecule has 2 heteroatoms. The number of rotatable bonds is 7. The molecule has 1 aliphatic heterocycles. The second-order valence-corrected chi connectivity index (χ2v) is 5.93. The minimum absolute atomic E-state index is 0.804. The van der Waals surface area contributed by atoms with Gasteiger partial charge < -0.3 is 10.1 Å². The molecule has 2 aliphatic rings. The number of hydrogen-bond acceptors (Lipinski definition) is 2. The van der Waals surface area contributed by atoms with Crippen LogP contribution in [0.25, 0.3) is 0 Å². The third-order valence-corrected chi connectivity index (χ3v) is 4.81. The predicted octanol–water partition coefficient (Wildman–Crippen LogP) is 3.36. The lowest BCUT2D eigenvalue weighted by Gasteiger charge is -2.33. The molecule has 2 fully saturated rings. The number of nitrogens with one attached hydrogen (secondary N) is 1. The standard InChI is InChI=1S/C15H29NO/c1-16-15(14-6-4-7-14)8-3-2-5-13-9-11-17-12-10-13/h13-16H,2-12H2,1H3. The lowest BCUT2D eigenvalue weighted by molar-refractivity contribution is 0.0629. The molecule has 0 bridgehead atoms. The molecule has 2 nitrogen and oxygen atoms in total. The van der Waals surface area contributed by atoms with Crippen LogP contribution in [0, 0.1) is 11.8 Å². The largest absolute Gasteiger partial charge is 0.381 e. The molecule has 0 aromatic rings. The normalized spacial score (nSPS) is 24.5. The molecule has 100 valence electrons. The third-order valence-electron chi connectivity index (χ3n) is 4.81. The lowest BCUT2D eigenvalue weighted by Crippen LogP contribution is -2.37. The van der Waals surface area contributed by atoms with Gasteiger partial charge in [0.2, 0.25) is 0 Å². The fourth-order valence-electron chi connectivity index (χ4n) is 3.29. The van der Waals surface area contributed by atoms with Crippen LogP contribution < -0.4 is 5.32 Å². The summed E-state index contributed by atoms with van der Waals surface area (Å²) >= 11 is 0. The maximum atomic E-state index is 5.41. The van der Waals surface area contributed by atoms with Gasteiger partial charge in [-0.15, -0.1) is 0 Å². The van der Waals surface area contributed by atoms with Crippen LogP contribution in [0.1, 0.15) is 57.8 Å². The highest BCUT2D eigenvalue weighted by Gasteiger charge is 2.25. The minimum atomic E-state index is 0.804. The van der Waals surface area contributed by atoms with E-state index in [1.54, 1.807) is 0 Å². The van der Waals surface area contributed by atoms with Gasteiger partial charge in [-0.1, -0.05) is 25.7 Å². The van der Waals surface area contributed by atoms with Crippen molar-refractivity contribution in [2.75, 3.05) is 20.3 Å². The molecule has 1 N–H and O–H groups in total. The van der Waals surface area contributed by atoms with Crippen LogP contribution in [0.3, 0.4) is 0 Å². The topological polar surface area (TPSA) is 21.3 Å². The van der Waals surface area contributed by atoms with Gasteiger partial charge >= 0.3 is 0 Å². The Bertz CT molecular complexity index is 197. The van der Waals surface area contributed by atoms with Crippen molar-refractivity contribution in [3.8, 4) is 0 Å². The van der Waals surface area contributed by atoms with Gasteiger partial charge in [0.15, 0.2) is 0 Å². The average molecular weight is 239 g/mol. The molecule has 0 radical (unpaired) electrons. The Morgan fingerprint density at radius 2 is 1.88 bits per heavy atom. The number of hydrogen-bond donors (Lipinski definition) is 1. The first kappa shape index (κ1) is 13.4. The van der Waals surface area contributed by atoms with Crippen molar-refractivity contribution in [1.29, 1.82) is 0 Å². The zero-order valence-corrected chi connectivity index (χ0v) is 11.4. The average Bonchev–Trinajstić information content (AvgIpc) is 2.32. The van der Waals surface area contributed by atoms with Crippen LogP contribution in [-0.2, 0) is 4.74 Å². The number of unbranched alkanes of at least 4 members (excludes halogenated alkanes) is 1. The van der Waals surface area contributed by atoms with Crippen molar-refractivity contribution >= 4 is 0 Å². The summed E-state index contributed by atoms with van der Waals surface area (Å²) < 4.78 is 5.41. The summed E-state index contributed by atoms with van der Waals surface area (Å²) in [5.41, 5.74) is 0. The molecule has 1 aliphatic carbocycles. The van der Waals surface area contributed by atoms with Crippen molar-refractivity contribution in [3.63, 3.8) is 0 Å². The monoisotopic (exact) mass is 239 g/mol. The molecular formula is C15H29NO. The summed E-state index contributed by atoms with van der Waals surface area (Å²) in [4.78, 5) is 0. The third kappa shape index (κ3) is 4.26. The van der Waals surface area contributed by atoms with E-state index in [4.69, 9.17) is 4.74 Å². The van der Waals surface area contributed by atoms with E-state index in [9.17, 15) is 0 Å². The first-order valence-corrected chi connectivity index (χ1v) is 7.65. The van der Waals surface area contributed by atoms with E-state index in [1.165, 1.54) is 57.8 Å². The van der Waals surface area contributed by atoms with E-state index in [0.29, 0.717) is 0 Å². The second kappa shape index (κ2) is 7.38. The van der Waals surface area contributed by atoms with E-state index in [0.717, 1.165) is 31.1 Å². The fraction of sp³-hybridized carbons (Fsp3) is 1.00. The highest BCUT2D eigenvalue weighted by atomic mass is 16.5. The summed E-state index contributed by atoms with van der Waals surface area (Å²) in [5.74, 6) is 1.95. The maximum Gasteiger partial charge on any atom is 0.0468 e. The van der Waals surface area contributed by atoms with Crippen LogP contribution in [0.5, 0.6) is 0 Å². The van der Waals surface area contributed by atoms with Crippen molar-refractivity contribution in [3.05, 3.63) is 0 Å². The van der Waals surface area contributed by atoms with Crippen LogP contribution in [-0.4, -0.2) is 26.3 Å². The Morgan fingerprint density at radius 3 is 2.47 bits per heavy atom. The molecule has 1 saturated heterocycles. The first-order valence-electron chi connectivity index (χ1n) is 7.65. The Morgan fingerprint density at radius 1 is 1.12 bits per heavy atom. The maximum absolute atomic E-state index is 5.41. The van der Waals surface area contributed by atoms with E-state index in [-0.39, 0.29) is 0 Å². The molecule has 0 aromatic heterocycles. The van der Waals surface area contributed by atoms with Crippen LogP contribution in [0.4, 0.5) is 0 Å². The summed E-state index contributed by atoms with van der Waals surface area (Å²) in [6.45, 7) is 2.01. The van der Waals surface area contributed by atoms with E-state index >= 15 is 0 Å². The molecule has 17 heavy (non-hydrogen) atoms. The van der Waals surface area contributed by atoms with Gasteiger partial charge in [0.05, 0.1) is 0 Å². The molecular weight excluding hydrogens is 210 g/mol. The van der Waals surface area contributed by atoms with E-state index < -0.39 is 0 Å². The molecule has 1 atom stereocenters. The fourth-order valence-corrected chi connectivity index (χ4v) is 3.29. The molecule has 1 saturated carbocycles. The Hall–Kier alpha value is -0.0800. The van der Waals surface area contributed by atoms with Gasteiger partial charge in [-0.05, 0) is 51.0 Å². The van der Waals surface area contributed by atoms with Crippen molar-refractivity contribution in [2.24, 2.45) is 11.8 Å². The number of ether oxygens (including phenoxy) is 1. The smallest absolute Gasteiger partial charge is 0.0468 e. The highest BCUT2D eigenvalue weighted by molar-refractivity contribution is 4.81. The van der Waals surface area contributed by atoms with Gasteiger partial charge in [0, 0.05) is 19.3 Å². The van der Waals surface area contributed by atoms with Gasteiger partial charge in [-0.25, -0.2) is 0 Å². The summed E-state index contributed by atoms with van der Waals surface area (Å²) in [7, 11) is 2.14. The van der Waals surface area contributed by atoms with Gasteiger partial charge in [0.1, 0.15) is 0 Å².